The Labute approximate surface area is 130 Å². The number of hydrogen-bond donors (Lipinski definition) is 1. The molecular weight excluding hydrogens is 286 g/mol. The van der Waals surface area contributed by atoms with E-state index in [0.29, 0.717) is 11.3 Å². The third-order valence-corrected chi connectivity index (χ3v) is 2.86. The normalized spacial score (nSPS) is 12.3. The molecule has 0 bridgehead atoms. The summed E-state index contributed by atoms with van der Waals surface area (Å²) in [6, 6.07) is 4.73. The monoisotopic (exact) mass is 309 g/mol. The lowest BCUT2D eigenvalue weighted by Gasteiger charge is -2.22. The number of hydrogen-bond acceptors (Lipinski definition) is 5. The van der Waals surface area contributed by atoms with Crippen molar-refractivity contribution < 1.29 is 23.8 Å². The fourth-order valence-electron chi connectivity index (χ4n) is 1.82. The van der Waals surface area contributed by atoms with E-state index in [-0.39, 0.29) is 6.04 Å². The maximum Gasteiger partial charge on any atom is 0.408 e. The molecule has 1 atom stereocenters. The molecule has 1 rings (SSSR count). The van der Waals surface area contributed by atoms with E-state index in [1.165, 1.54) is 14.2 Å². The Morgan fingerprint density at radius 1 is 1.18 bits per heavy atom. The summed E-state index contributed by atoms with van der Waals surface area (Å²) in [5.41, 5.74) is 0.560. The fraction of sp³-hybridized carbons (Fsp3) is 0.500. The Balaban J connectivity index is 2.88. The van der Waals surface area contributed by atoms with Crippen molar-refractivity contribution in [1.29, 1.82) is 0 Å². The van der Waals surface area contributed by atoms with Crippen LogP contribution in [-0.2, 0) is 9.47 Å². The molecule has 0 aromatic heterocycles. The fourth-order valence-corrected chi connectivity index (χ4v) is 1.82. The van der Waals surface area contributed by atoms with E-state index in [1.807, 2.05) is 6.92 Å². The lowest BCUT2D eigenvalue weighted by molar-refractivity contribution is 0.0506. The third kappa shape index (κ3) is 4.95. The molecule has 1 unspecified atom stereocenters. The first-order chi connectivity index (χ1) is 10.2. The number of alkyl carbamates (subject to hydrolysis) is 1. The van der Waals surface area contributed by atoms with Crippen LogP contribution in [0.15, 0.2) is 18.2 Å². The third-order valence-electron chi connectivity index (χ3n) is 2.86. The second-order valence-corrected chi connectivity index (χ2v) is 5.82. The Morgan fingerprint density at radius 2 is 1.82 bits per heavy atom. The molecule has 0 saturated heterocycles. The molecular formula is C16H23NO5. The van der Waals surface area contributed by atoms with Crippen LogP contribution < -0.4 is 10.1 Å². The number of amides is 1. The minimum Gasteiger partial charge on any atom is -0.496 e. The first-order valence-electron chi connectivity index (χ1n) is 6.93. The van der Waals surface area contributed by atoms with Crippen molar-refractivity contribution in [3.05, 3.63) is 29.3 Å². The van der Waals surface area contributed by atoms with Crippen LogP contribution in [-0.4, -0.2) is 31.9 Å². The molecule has 1 N–H and O–H groups in total. The van der Waals surface area contributed by atoms with Crippen LogP contribution in [0.2, 0.25) is 0 Å². The van der Waals surface area contributed by atoms with Crippen molar-refractivity contribution in [3.63, 3.8) is 0 Å². The van der Waals surface area contributed by atoms with E-state index < -0.39 is 17.7 Å². The van der Waals surface area contributed by atoms with Gasteiger partial charge in [-0.25, -0.2) is 9.59 Å². The van der Waals surface area contributed by atoms with Gasteiger partial charge in [-0.15, -0.1) is 0 Å². The number of esters is 1. The van der Waals surface area contributed by atoms with E-state index >= 15 is 0 Å². The van der Waals surface area contributed by atoms with Gasteiger partial charge in [0.2, 0.25) is 0 Å². The highest BCUT2D eigenvalue weighted by Gasteiger charge is 2.20. The SMILES string of the molecule is COC(=O)c1ccc(C(C)NC(=O)OC(C)(C)C)cc1OC. The molecule has 0 aliphatic heterocycles. The van der Waals surface area contributed by atoms with Crippen LogP contribution in [0.1, 0.15) is 49.7 Å². The van der Waals surface area contributed by atoms with Gasteiger partial charge < -0.3 is 19.5 Å². The zero-order chi connectivity index (χ0) is 16.9. The van der Waals surface area contributed by atoms with Gasteiger partial charge in [0.1, 0.15) is 16.9 Å². The van der Waals surface area contributed by atoms with Gasteiger partial charge in [0.25, 0.3) is 0 Å². The number of benzene rings is 1. The van der Waals surface area contributed by atoms with E-state index in [2.05, 4.69) is 10.1 Å². The summed E-state index contributed by atoms with van der Waals surface area (Å²) in [5.74, 6) is -0.0849. The maximum atomic E-state index is 11.8. The van der Waals surface area contributed by atoms with Crippen LogP contribution in [0.4, 0.5) is 4.79 Å². The van der Waals surface area contributed by atoms with E-state index in [4.69, 9.17) is 9.47 Å². The Hall–Kier alpha value is -2.24. The highest BCUT2D eigenvalue weighted by atomic mass is 16.6. The topological polar surface area (TPSA) is 73.9 Å². The highest BCUT2D eigenvalue weighted by Crippen LogP contribution is 2.24. The Kier molecular flexibility index (Phi) is 5.79. The Morgan fingerprint density at radius 3 is 2.32 bits per heavy atom. The predicted octanol–water partition coefficient (Wildman–Crippen LogP) is 3.07. The van der Waals surface area contributed by atoms with E-state index in [9.17, 15) is 9.59 Å². The van der Waals surface area contributed by atoms with E-state index in [0.717, 1.165) is 5.56 Å². The van der Waals surface area contributed by atoms with Gasteiger partial charge >= 0.3 is 12.1 Å². The summed E-state index contributed by atoms with van der Waals surface area (Å²) in [4.78, 5) is 23.4. The largest absolute Gasteiger partial charge is 0.496 e. The molecule has 0 saturated carbocycles. The van der Waals surface area contributed by atoms with Gasteiger partial charge in [-0.2, -0.15) is 0 Å². The quantitative estimate of drug-likeness (QED) is 0.865. The standard InChI is InChI=1S/C16H23NO5/c1-10(17-15(19)22-16(2,3)4)11-7-8-12(14(18)21-6)13(9-11)20-5/h7-10H,1-6H3,(H,17,19). The number of carbonyl (C=O) groups excluding carboxylic acids is 2. The molecule has 122 valence electrons. The van der Waals surface area contributed by atoms with Crippen LogP contribution in [0.25, 0.3) is 0 Å². The molecule has 0 aliphatic carbocycles. The van der Waals surface area contributed by atoms with Crippen LogP contribution in [0.3, 0.4) is 0 Å². The van der Waals surface area contributed by atoms with E-state index in [1.54, 1.807) is 39.0 Å². The lowest BCUT2D eigenvalue weighted by atomic mass is 10.0. The van der Waals surface area contributed by atoms with Gasteiger partial charge in [0.05, 0.1) is 20.3 Å². The second-order valence-electron chi connectivity index (χ2n) is 5.82. The minimum atomic E-state index is -0.559. The van der Waals surface area contributed by atoms with Crippen molar-refractivity contribution in [1.82, 2.24) is 5.32 Å². The summed E-state index contributed by atoms with van der Waals surface area (Å²) >= 11 is 0. The molecule has 0 heterocycles. The lowest BCUT2D eigenvalue weighted by Crippen LogP contribution is -2.34. The van der Waals surface area contributed by atoms with Gasteiger partial charge in [-0.3, -0.25) is 0 Å². The zero-order valence-electron chi connectivity index (χ0n) is 13.9. The molecule has 0 fully saturated rings. The van der Waals surface area contributed by atoms with Crippen molar-refractivity contribution in [2.75, 3.05) is 14.2 Å². The molecule has 0 aliphatic rings. The number of rotatable bonds is 4. The molecule has 0 spiro atoms. The summed E-state index contributed by atoms with van der Waals surface area (Å²) in [7, 11) is 2.78. The van der Waals surface area contributed by atoms with Crippen molar-refractivity contribution >= 4 is 12.1 Å². The maximum absolute atomic E-state index is 11.8. The van der Waals surface area contributed by atoms with Crippen LogP contribution in [0, 0.1) is 0 Å². The minimum absolute atomic E-state index is 0.296. The summed E-state index contributed by atoms with van der Waals surface area (Å²) in [6.45, 7) is 7.21. The van der Waals surface area contributed by atoms with Crippen molar-refractivity contribution in [2.45, 2.75) is 39.3 Å². The van der Waals surface area contributed by atoms with Gasteiger partial charge in [0, 0.05) is 0 Å². The molecule has 6 nitrogen and oxygen atoms in total. The van der Waals surface area contributed by atoms with Crippen molar-refractivity contribution in [3.8, 4) is 5.75 Å². The number of ether oxygens (including phenoxy) is 3. The molecule has 6 heteroatoms. The van der Waals surface area contributed by atoms with Gasteiger partial charge in [-0.1, -0.05) is 6.07 Å². The molecule has 1 aromatic carbocycles. The zero-order valence-corrected chi connectivity index (χ0v) is 13.9. The Bertz CT molecular complexity index is 548. The first-order valence-corrected chi connectivity index (χ1v) is 6.93. The smallest absolute Gasteiger partial charge is 0.408 e. The number of methoxy groups -OCH3 is 2. The molecule has 1 aromatic rings. The average Bonchev–Trinajstić information content (AvgIpc) is 2.43. The van der Waals surface area contributed by atoms with Crippen LogP contribution in [0.5, 0.6) is 5.75 Å². The number of carbonyl (C=O) groups is 2. The predicted molar refractivity (Wildman–Crippen MR) is 82.1 cm³/mol. The highest BCUT2D eigenvalue weighted by molar-refractivity contribution is 5.92. The van der Waals surface area contributed by atoms with Gasteiger partial charge in [-0.05, 0) is 45.4 Å². The summed E-state index contributed by atoms with van der Waals surface area (Å²) in [6.07, 6.45) is -0.504. The summed E-state index contributed by atoms with van der Waals surface area (Å²) in [5, 5.41) is 2.73. The summed E-state index contributed by atoms with van der Waals surface area (Å²) < 4.78 is 15.1. The molecule has 1 amide bonds. The van der Waals surface area contributed by atoms with Crippen LogP contribution >= 0.6 is 0 Å². The number of nitrogens with one attached hydrogen (secondary N) is 1. The average molecular weight is 309 g/mol. The first kappa shape index (κ1) is 17.8. The molecule has 0 radical (unpaired) electrons. The second kappa shape index (κ2) is 7.15. The van der Waals surface area contributed by atoms with Crippen molar-refractivity contribution in [2.24, 2.45) is 0 Å². The van der Waals surface area contributed by atoms with Gasteiger partial charge in [0.15, 0.2) is 0 Å². The molecule has 22 heavy (non-hydrogen) atoms.